The summed E-state index contributed by atoms with van der Waals surface area (Å²) in [5.74, 6) is -0.349. The summed E-state index contributed by atoms with van der Waals surface area (Å²) < 4.78 is 28.8. The number of rotatable bonds is 10. The van der Waals surface area contributed by atoms with Crippen LogP contribution in [0.2, 0.25) is 0 Å². The van der Waals surface area contributed by atoms with Gasteiger partial charge in [-0.05, 0) is 19.9 Å². The van der Waals surface area contributed by atoms with Crippen LogP contribution in [0.4, 0.5) is 0 Å². The fourth-order valence-corrected chi connectivity index (χ4v) is 2.40. The Morgan fingerprint density at radius 3 is 2.58 bits per heavy atom. The van der Waals surface area contributed by atoms with E-state index in [0.29, 0.717) is 32.8 Å². The third kappa shape index (κ3) is 9.63. The first kappa shape index (κ1) is 18.1. The summed E-state index contributed by atoms with van der Waals surface area (Å²) >= 11 is 0. The van der Waals surface area contributed by atoms with Crippen LogP contribution in [-0.2, 0) is 19.6 Å². The van der Waals surface area contributed by atoms with E-state index in [4.69, 9.17) is 4.74 Å². The van der Waals surface area contributed by atoms with Gasteiger partial charge in [0.15, 0.2) is 0 Å². The average Bonchev–Trinajstić information content (AvgIpc) is 2.31. The highest BCUT2D eigenvalue weighted by molar-refractivity contribution is 7.88. The number of hydrogen-bond donors (Lipinski definition) is 1. The van der Waals surface area contributed by atoms with Gasteiger partial charge in [0.25, 0.3) is 0 Å². The van der Waals surface area contributed by atoms with Gasteiger partial charge < -0.3 is 10.1 Å². The first-order valence-electron chi connectivity index (χ1n) is 6.41. The summed E-state index contributed by atoms with van der Waals surface area (Å²) in [6, 6.07) is 0. The number of carbonyl (C=O) groups is 1. The third-order valence-corrected chi connectivity index (χ3v) is 3.76. The third-order valence-electron chi connectivity index (χ3n) is 2.39. The Bertz CT molecular complexity index is 379. The van der Waals surface area contributed by atoms with E-state index in [1.54, 1.807) is 13.0 Å². The molecule has 0 spiro atoms. The molecule has 0 aromatic rings. The summed E-state index contributed by atoms with van der Waals surface area (Å²) in [6.07, 6.45) is 5.01. The lowest BCUT2D eigenvalue weighted by atomic mass is 10.4. The lowest BCUT2D eigenvalue weighted by Gasteiger charge is -2.17. The van der Waals surface area contributed by atoms with Crippen molar-refractivity contribution in [2.75, 3.05) is 39.0 Å². The number of esters is 1. The molecule has 0 aliphatic heterocycles. The number of hydrogen-bond acceptors (Lipinski definition) is 5. The summed E-state index contributed by atoms with van der Waals surface area (Å²) in [4.78, 5) is 11.0. The van der Waals surface area contributed by atoms with Gasteiger partial charge in [-0.25, -0.2) is 17.5 Å². The largest absolute Gasteiger partial charge is 0.463 e. The smallest absolute Gasteiger partial charge is 0.330 e. The highest BCUT2D eigenvalue weighted by atomic mass is 32.2. The molecule has 0 atom stereocenters. The van der Waals surface area contributed by atoms with Crippen molar-refractivity contribution < 1.29 is 17.9 Å². The number of nitrogens with zero attached hydrogens (tertiary/aromatic N) is 1. The molecular formula is C12H24N2O4S. The van der Waals surface area contributed by atoms with Crippen molar-refractivity contribution in [3.8, 4) is 0 Å². The quantitative estimate of drug-likeness (QED) is 0.357. The molecule has 0 aliphatic carbocycles. The molecule has 0 aromatic heterocycles. The van der Waals surface area contributed by atoms with Crippen LogP contribution in [0.3, 0.4) is 0 Å². The molecule has 19 heavy (non-hydrogen) atoms. The van der Waals surface area contributed by atoms with Crippen LogP contribution in [0.15, 0.2) is 12.2 Å². The van der Waals surface area contributed by atoms with E-state index in [1.807, 2.05) is 6.92 Å². The van der Waals surface area contributed by atoms with Crippen LogP contribution in [0, 0.1) is 0 Å². The maximum Gasteiger partial charge on any atom is 0.330 e. The van der Waals surface area contributed by atoms with Crippen LogP contribution >= 0.6 is 0 Å². The fraction of sp³-hybridized carbons (Fsp3) is 0.750. The van der Waals surface area contributed by atoms with Crippen LogP contribution < -0.4 is 5.32 Å². The van der Waals surface area contributed by atoms with Crippen molar-refractivity contribution in [3.05, 3.63) is 12.2 Å². The van der Waals surface area contributed by atoms with E-state index < -0.39 is 10.0 Å². The molecule has 0 bridgehead atoms. The topological polar surface area (TPSA) is 75.7 Å². The van der Waals surface area contributed by atoms with Gasteiger partial charge in [0.1, 0.15) is 0 Å². The second-order valence-corrected chi connectivity index (χ2v) is 5.95. The van der Waals surface area contributed by atoms with Gasteiger partial charge in [-0.15, -0.1) is 0 Å². The zero-order valence-corrected chi connectivity index (χ0v) is 12.7. The van der Waals surface area contributed by atoms with Crippen LogP contribution in [0.1, 0.15) is 20.3 Å². The second-order valence-electron chi connectivity index (χ2n) is 3.97. The van der Waals surface area contributed by atoms with Crippen molar-refractivity contribution >= 4 is 16.0 Å². The first-order chi connectivity index (χ1) is 8.91. The Morgan fingerprint density at radius 2 is 2.05 bits per heavy atom. The molecule has 0 saturated carbocycles. The second kappa shape index (κ2) is 9.94. The summed E-state index contributed by atoms with van der Waals surface area (Å²) in [6.45, 7) is 6.19. The van der Waals surface area contributed by atoms with Gasteiger partial charge in [0.2, 0.25) is 10.0 Å². The van der Waals surface area contributed by atoms with Gasteiger partial charge in [-0.3, -0.25) is 0 Å². The lowest BCUT2D eigenvalue weighted by Crippen LogP contribution is -2.32. The Hall–Kier alpha value is -0.920. The van der Waals surface area contributed by atoms with Crippen molar-refractivity contribution in [1.29, 1.82) is 0 Å². The Labute approximate surface area is 115 Å². The van der Waals surface area contributed by atoms with Crippen LogP contribution in [-0.4, -0.2) is 57.7 Å². The van der Waals surface area contributed by atoms with Crippen LogP contribution in [0.25, 0.3) is 0 Å². The molecule has 0 heterocycles. The molecular weight excluding hydrogens is 268 g/mol. The Balaban J connectivity index is 3.68. The number of carbonyl (C=O) groups excluding carboxylic acids is 1. The van der Waals surface area contributed by atoms with Crippen LogP contribution in [0.5, 0.6) is 0 Å². The maximum atomic E-state index is 11.3. The normalized spacial score (nSPS) is 12.2. The number of ether oxygens (including phenoxy) is 1. The lowest BCUT2D eigenvalue weighted by molar-refractivity contribution is -0.137. The zero-order valence-electron chi connectivity index (χ0n) is 11.9. The van der Waals surface area contributed by atoms with E-state index in [1.165, 1.54) is 16.6 Å². The van der Waals surface area contributed by atoms with Gasteiger partial charge in [0.05, 0.1) is 12.9 Å². The van der Waals surface area contributed by atoms with Gasteiger partial charge in [-0.1, -0.05) is 13.0 Å². The molecule has 0 unspecified atom stereocenters. The molecule has 0 saturated heterocycles. The van der Waals surface area contributed by atoms with Crippen molar-refractivity contribution in [2.45, 2.75) is 20.3 Å². The van der Waals surface area contributed by atoms with Gasteiger partial charge in [-0.2, -0.15) is 0 Å². The fourth-order valence-electron chi connectivity index (χ4n) is 1.47. The summed E-state index contributed by atoms with van der Waals surface area (Å²) in [5, 5.41) is 3.10. The maximum absolute atomic E-state index is 11.3. The molecule has 0 rings (SSSR count). The van der Waals surface area contributed by atoms with Crippen molar-refractivity contribution in [1.82, 2.24) is 9.62 Å². The molecule has 0 radical (unpaired) electrons. The Morgan fingerprint density at radius 1 is 1.37 bits per heavy atom. The monoisotopic (exact) mass is 292 g/mol. The Kier molecular flexibility index (Phi) is 9.46. The minimum absolute atomic E-state index is 0.349. The average molecular weight is 292 g/mol. The number of nitrogens with one attached hydrogen (secondary N) is 1. The van der Waals surface area contributed by atoms with Crippen molar-refractivity contribution in [3.63, 3.8) is 0 Å². The summed E-state index contributed by atoms with van der Waals surface area (Å²) in [5.41, 5.74) is 0. The highest BCUT2D eigenvalue weighted by Crippen LogP contribution is 1.97. The molecule has 6 nitrogen and oxygen atoms in total. The summed E-state index contributed by atoms with van der Waals surface area (Å²) in [7, 11) is -3.10. The van der Waals surface area contributed by atoms with Gasteiger partial charge >= 0.3 is 5.97 Å². The molecule has 0 aliphatic rings. The SMILES string of the molecule is CCOC(=O)/C=C/CNCCCN(CC)S(C)(=O)=O. The molecule has 0 amide bonds. The highest BCUT2D eigenvalue weighted by Gasteiger charge is 2.12. The predicted octanol–water partition coefficient (Wildman–Crippen LogP) is 0.367. The molecule has 0 fully saturated rings. The zero-order chi connectivity index (χ0) is 14.7. The molecule has 7 heteroatoms. The van der Waals surface area contributed by atoms with E-state index in [9.17, 15) is 13.2 Å². The molecule has 1 N–H and O–H groups in total. The standard InChI is InChI=1S/C12H24N2O4S/c1-4-14(19(3,16)17)11-7-10-13-9-6-8-12(15)18-5-2/h6,8,13H,4-5,7,9-11H2,1-3H3/b8-6+. The van der Waals surface area contributed by atoms with Crippen molar-refractivity contribution in [2.24, 2.45) is 0 Å². The van der Waals surface area contributed by atoms with E-state index >= 15 is 0 Å². The minimum atomic E-state index is -3.10. The van der Waals surface area contributed by atoms with E-state index in [0.717, 1.165) is 6.42 Å². The van der Waals surface area contributed by atoms with E-state index in [-0.39, 0.29) is 5.97 Å². The molecule has 0 aromatic carbocycles. The first-order valence-corrected chi connectivity index (χ1v) is 8.25. The predicted molar refractivity (Wildman–Crippen MR) is 75.4 cm³/mol. The molecule has 112 valence electrons. The minimum Gasteiger partial charge on any atom is -0.463 e. The number of sulfonamides is 1. The van der Waals surface area contributed by atoms with Gasteiger partial charge in [0, 0.05) is 25.7 Å². The van der Waals surface area contributed by atoms with E-state index in [2.05, 4.69) is 5.32 Å².